The number of thiazole rings is 1. The Morgan fingerprint density at radius 1 is 1.47 bits per heavy atom. The van der Waals surface area contributed by atoms with E-state index in [2.05, 4.69) is 24.1 Å². The lowest BCUT2D eigenvalue weighted by Crippen LogP contribution is -2.07. The van der Waals surface area contributed by atoms with E-state index in [0.717, 1.165) is 18.0 Å². The number of nitrogens with zero attached hydrogens (tertiary/aromatic N) is 1. The van der Waals surface area contributed by atoms with E-state index < -0.39 is 0 Å². The smallest absolute Gasteiger partial charge is 0.119 e. The lowest BCUT2D eigenvalue weighted by Gasteiger charge is -2.03. The first-order valence-electron chi connectivity index (χ1n) is 5.28. The fourth-order valence-corrected chi connectivity index (χ4v) is 2.55. The average Bonchev–Trinajstić information content (AvgIpc) is 2.48. The maximum absolute atomic E-state index is 5.11. The molecule has 86 valence electrons. The van der Waals surface area contributed by atoms with Gasteiger partial charge in [-0.25, -0.2) is 4.98 Å². The minimum Gasteiger partial charge on any atom is -0.378 e. The highest BCUT2D eigenvalue weighted by molar-refractivity contribution is 7.11. The van der Waals surface area contributed by atoms with Crippen molar-refractivity contribution in [3.63, 3.8) is 0 Å². The summed E-state index contributed by atoms with van der Waals surface area (Å²) in [6.45, 7) is 5.97. The van der Waals surface area contributed by atoms with Crippen LogP contribution < -0.4 is 5.32 Å². The van der Waals surface area contributed by atoms with Crippen molar-refractivity contribution >= 4 is 11.3 Å². The summed E-state index contributed by atoms with van der Waals surface area (Å²) >= 11 is 1.75. The van der Waals surface area contributed by atoms with E-state index >= 15 is 0 Å². The summed E-state index contributed by atoms with van der Waals surface area (Å²) < 4.78 is 5.11. The normalized spacial score (nSPS) is 11.3. The van der Waals surface area contributed by atoms with Crippen LogP contribution in [0.25, 0.3) is 0 Å². The van der Waals surface area contributed by atoms with Crippen LogP contribution >= 0.6 is 11.3 Å². The molecule has 1 N–H and O–H groups in total. The third-order valence-corrected chi connectivity index (χ3v) is 3.10. The monoisotopic (exact) mass is 228 g/mol. The fourth-order valence-electron chi connectivity index (χ4n) is 1.47. The minimum atomic E-state index is 0.624. The third-order valence-electron chi connectivity index (χ3n) is 2.03. The molecular weight excluding hydrogens is 208 g/mol. The van der Waals surface area contributed by atoms with Gasteiger partial charge in [-0.1, -0.05) is 13.8 Å². The summed E-state index contributed by atoms with van der Waals surface area (Å²) in [5.41, 5.74) is 1.23. The van der Waals surface area contributed by atoms with Crippen molar-refractivity contribution in [2.24, 2.45) is 5.92 Å². The molecule has 4 heteroatoms. The van der Waals surface area contributed by atoms with Gasteiger partial charge in [0.25, 0.3) is 0 Å². The lowest BCUT2D eigenvalue weighted by atomic mass is 10.1. The summed E-state index contributed by atoms with van der Waals surface area (Å²) in [5, 5.41) is 4.26. The van der Waals surface area contributed by atoms with Crippen molar-refractivity contribution in [2.75, 3.05) is 14.2 Å². The van der Waals surface area contributed by atoms with E-state index in [-0.39, 0.29) is 0 Å². The molecule has 0 spiro atoms. The molecule has 0 fully saturated rings. The molecule has 1 rings (SSSR count). The molecule has 0 aliphatic carbocycles. The second-order valence-electron chi connectivity index (χ2n) is 4.04. The molecular formula is C11H20N2OS. The number of hydrogen-bond donors (Lipinski definition) is 1. The Bertz CT molecular complexity index is 297. The van der Waals surface area contributed by atoms with Crippen LogP contribution in [0.3, 0.4) is 0 Å². The maximum atomic E-state index is 5.11. The van der Waals surface area contributed by atoms with E-state index in [1.54, 1.807) is 18.4 Å². The molecule has 0 bridgehead atoms. The molecule has 0 saturated carbocycles. The standard InChI is InChI=1S/C11H20N2OS/c1-8(2)5-9-10(6-12-3)15-11(13-9)7-14-4/h8,12H,5-7H2,1-4H3. The molecule has 0 aromatic carbocycles. The molecule has 0 saturated heterocycles. The first-order valence-corrected chi connectivity index (χ1v) is 6.10. The zero-order valence-corrected chi connectivity index (χ0v) is 10.8. The topological polar surface area (TPSA) is 34.1 Å². The molecule has 1 aromatic rings. The van der Waals surface area contributed by atoms with E-state index in [1.165, 1.54) is 10.6 Å². The van der Waals surface area contributed by atoms with Crippen LogP contribution in [0.4, 0.5) is 0 Å². The van der Waals surface area contributed by atoms with E-state index in [0.29, 0.717) is 12.5 Å². The molecule has 0 aliphatic rings. The molecule has 0 atom stereocenters. The predicted molar refractivity (Wildman–Crippen MR) is 64.1 cm³/mol. The van der Waals surface area contributed by atoms with Crippen molar-refractivity contribution < 1.29 is 4.74 Å². The quantitative estimate of drug-likeness (QED) is 0.810. The van der Waals surface area contributed by atoms with Gasteiger partial charge in [-0.3, -0.25) is 0 Å². The van der Waals surface area contributed by atoms with E-state index in [1.807, 2.05) is 7.05 Å². The second-order valence-corrected chi connectivity index (χ2v) is 5.21. The molecule has 0 amide bonds. The zero-order valence-electron chi connectivity index (χ0n) is 9.96. The molecule has 1 heterocycles. The number of aromatic nitrogens is 1. The van der Waals surface area contributed by atoms with E-state index in [9.17, 15) is 0 Å². The minimum absolute atomic E-state index is 0.624. The van der Waals surface area contributed by atoms with Crippen molar-refractivity contribution in [2.45, 2.75) is 33.4 Å². The van der Waals surface area contributed by atoms with Crippen LogP contribution in [-0.2, 0) is 24.3 Å². The Balaban J connectivity index is 2.79. The van der Waals surface area contributed by atoms with Gasteiger partial charge in [0.2, 0.25) is 0 Å². The number of nitrogens with one attached hydrogen (secondary N) is 1. The predicted octanol–water partition coefficient (Wildman–Crippen LogP) is 2.21. The van der Waals surface area contributed by atoms with Crippen molar-refractivity contribution in [1.82, 2.24) is 10.3 Å². The maximum Gasteiger partial charge on any atom is 0.119 e. The summed E-state index contributed by atoms with van der Waals surface area (Å²) in [6.07, 6.45) is 1.05. The average molecular weight is 228 g/mol. The SMILES string of the molecule is CNCc1sc(COC)nc1CC(C)C. The van der Waals surface area contributed by atoms with Crippen LogP contribution in [-0.4, -0.2) is 19.1 Å². The number of ether oxygens (including phenoxy) is 1. The summed E-state index contributed by atoms with van der Waals surface area (Å²) in [6, 6.07) is 0. The van der Waals surface area contributed by atoms with Gasteiger partial charge < -0.3 is 10.1 Å². The van der Waals surface area contributed by atoms with Crippen LogP contribution in [0.15, 0.2) is 0 Å². The highest BCUT2D eigenvalue weighted by Crippen LogP contribution is 2.21. The molecule has 1 aromatic heterocycles. The second kappa shape index (κ2) is 6.20. The summed E-state index contributed by atoms with van der Waals surface area (Å²) in [7, 11) is 3.68. The highest BCUT2D eigenvalue weighted by Gasteiger charge is 2.11. The van der Waals surface area contributed by atoms with Gasteiger partial charge in [0, 0.05) is 18.5 Å². The van der Waals surface area contributed by atoms with Gasteiger partial charge in [-0.05, 0) is 19.4 Å². The highest BCUT2D eigenvalue weighted by atomic mass is 32.1. The number of methoxy groups -OCH3 is 1. The van der Waals surface area contributed by atoms with Crippen LogP contribution in [0, 0.1) is 5.92 Å². The van der Waals surface area contributed by atoms with Crippen molar-refractivity contribution in [3.05, 3.63) is 15.6 Å². The van der Waals surface area contributed by atoms with Crippen molar-refractivity contribution in [1.29, 1.82) is 0 Å². The van der Waals surface area contributed by atoms with Crippen LogP contribution in [0.1, 0.15) is 29.4 Å². The molecule has 15 heavy (non-hydrogen) atoms. The van der Waals surface area contributed by atoms with Crippen molar-refractivity contribution in [3.8, 4) is 0 Å². The number of hydrogen-bond acceptors (Lipinski definition) is 4. The van der Waals surface area contributed by atoms with Gasteiger partial charge >= 0.3 is 0 Å². The Morgan fingerprint density at radius 2 is 2.20 bits per heavy atom. The summed E-state index contributed by atoms with van der Waals surface area (Å²) in [5.74, 6) is 0.651. The summed E-state index contributed by atoms with van der Waals surface area (Å²) in [4.78, 5) is 5.96. The number of rotatable bonds is 6. The van der Waals surface area contributed by atoms with Crippen LogP contribution in [0.2, 0.25) is 0 Å². The first kappa shape index (κ1) is 12.6. The first-order chi connectivity index (χ1) is 7.17. The lowest BCUT2D eigenvalue weighted by molar-refractivity contribution is 0.184. The Hall–Kier alpha value is -0.450. The molecule has 0 unspecified atom stereocenters. The molecule has 0 radical (unpaired) electrons. The van der Waals surface area contributed by atoms with Gasteiger partial charge in [0.1, 0.15) is 5.01 Å². The van der Waals surface area contributed by atoms with Crippen LogP contribution in [0.5, 0.6) is 0 Å². The third kappa shape index (κ3) is 3.89. The largest absolute Gasteiger partial charge is 0.378 e. The van der Waals surface area contributed by atoms with Gasteiger partial charge in [-0.15, -0.1) is 11.3 Å². The zero-order chi connectivity index (χ0) is 11.3. The Morgan fingerprint density at radius 3 is 2.73 bits per heavy atom. The fraction of sp³-hybridized carbons (Fsp3) is 0.727. The molecule has 0 aliphatic heterocycles. The Kier molecular flexibility index (Phi) is 5.22. The van der Waals surface area contributed by atoms with Gasteiger partial charge in [-0.2, -0.15) is 0 Å². The van der Waals surface area contributed by atoms with E-state index in [4.69, 9.17) is 4.74 Å². The Labute approximate surface area is 95.9 Å². The molecule has 3 nitrogen and oxygen atoms in total. The van der Waals surface area contributed by atoms with Gasteiger partial charge in [0.15, 0.2) is 0 Å². The van der Waals surface area contributed by atoms with Gasteiger partial charge in [0.05, 0.1) is 12.3 Å².